The normalized spacial score (nSPS) is 21.8. The number of tetrazole rings is 1. The summed E-state index contributed by atoms with van der Waals surface area (Å²) in [5.74, 6) is 0.986. The van der Waals surface area contributed by atoms with E-state index in [4.69, 9.17) is 0 Å². The first kappa shape index (κ1) is 20.0. The molecule has 3 heterocycles. The van der Waals surface area contributed by atoms with E-state index in [1.165, 1.54) is 37.0 Å². The lowest BCUT2D eigenvalue weighted by Crippen LogP contribution is -2.52. The standard InChI is InChI=1S/C21H34N6S/c1-4-21(2,3)27-20(22-23-24-27)19(18-11-8-16-28-18)26-14-12-25(13-15-26)17-9-6-5-7-10-17/h8,11,16-17,19H,4-7,9-10,12-15H2,1-3H3. The summed E-state index contributed by atoms with van der Waals surface area (Å²) in [6.45, 7) is 11.1. The van der Waals surface area contributed by atoms with Crippen LogP contribution in [0, 0.1) is 0 Å². The van der Waals surface area contributed by atoms with Crippen LogP contribution in [0.1, 0.15) is 76.0 Å². The molecule has 0 N–H and O–H groups in total. The molecule has 0 aromatic carbocycles. The van der Waals surface area contributed by atoms with Crippen LogP contribution in [0.5, 0.6) is 0 Å². The molecular formula is C21H34N6S. The van der Waals surface area contributed by atoms with Crippen LogP contribution in [-0.2, 0) is 5.54 Å². The lowest BCUT2D eigenvalue weighted by atomic mass is 9.93. The van der Waals surface area contributed by atoms with Crippen molar-refractivity contribution in [3.05, 3.63) is 28.2 Å². The maximum absolute atomic E-state index is 4.52. The van der Waals surface area contributed by atoms with Gasteiger partial charge in [0.05, 0.1) is 5.54 Å². The van der Waals surface area contributed by atoms with Gasteiger partial charge in [0.15, 0.2) is 5.82 Å². The molecule has 1 saturated carbocycles. The molecule has 1 aliphatic heterocycles. The van der Waals surface area contributed by atoms with Crippen molar-refractivity contribution in [1.29, 1.82) is 0 Å². The summed E-state index contributed by atoms with van der Waals surface area (Å²) in [5.41, 5.74) is -0.0851. The van der Waals surface area contributed by atoms with Crippen LogP contribution in [0.2, 0.25) is 0 Å². The van der Waals surface area contributed by atoms with Gasteiger partial charge in [-0.2, -0.15) is 0 Å². The van der Waals surface area contributed by atoms with Crippen molar-refractivity contribution in [3.63, 3.8) is 0 Å². The first-order chi connectivity index (χ1) is 13.6. The van der Waals surface area contributed by atoms with E-state index in [-0.39, 0.29) is 11.6 Å². The largest absolute Gasteiger partial charge is 0.298 e. The first-order valence-electron chi connectivity index (χ1n) is 10.9. The fourth-order valence-electron chi connectivity index (χ4n) is 4.67. The second-order valence-corrected chi connectivity index (χ2v) is 9.88. The number of piperazine rings is 1. The average Bonchev–Trinajstić information content (AvgIpc) is 3.43. The summed E-state index contributed by atoms with van der Waals surface area (Å²) >= 11 is 1.81. The molecule has 2 aliphatic rings. The fraction of sp³-hybridized carbons (Fsp3) is 0.762. The Balaban J connectivity index is 1.55. The third kappa shape index (κ3) is 4.02. The predicted octanol–water partition coefficient (Wildman–Crippen LogP) is 3.92. The summed E-state index contributed by atoms with van der Waals surface area (Å²) < 4.78 is 2.06. The van der Waals surface area contributed by atoms with E-state index >= 15 is 0 Å². The molecule has 2 aromatic rings. The number of nitrogens with zero attached hydrogens (tertiary/aromatic N) is 6. The fourth-order valence-corrected chi connectivity index (χ4v) is 5.52. The van der Waals surface area contributed by atoms with Gasteiger partial charge >= 0.3 is 0 Å². The second-order valence-electron chi connectivity index (χ2n) is 8.90. The summed E-state index contributed by atoms with van der Waals surface area (Å²) in [5, 5.41) is 15.2. The van der Waals surface area contributed by atoms with Gasteiger partial charge in [-0.05, 0) is 55.0 Å². The minimum Gasteiger partial charge on any atom is -0.298 e. The zero-order valence-electron chi connectivity index (χ0n) is 17.5. The van der Waals surface area contributed by atoms with Crippen LogP contribution in [0.3, 0.4) is 0 Å². The van der Waals surface area contributed by atoms with Crippen LogP contribution >= 0.6 is 11.3 Å². The predicted molar refractivity (Wildman–Crippen MR) is 114 cm³/mol. The van der Waals surface area contributed by atoms with Gasteiger partial charge in [0, 0.05) is 37.1 Å². The second kappa shape index (κ2) is 8.59. The van der Waals surface area contributed by atoms with Crippen molar-refractivity contribution in [2.45, 2.75) is 76.9 Å². The molecule has 1 atom stereocenters. The Hall–Kier alpha value is -1.31. The van der Waals surface area contributed by atoms with Crippen LogP contribution in [-0.4, -0.2) is 62.2 Å². The molecule has 4 rings (SSSR count). The quantitative estimate of drug-likeness (QED) is 0.733. The van der Waals surface area contributed by atoms with Gasteiger partial charge in [0.2, 0.25) is 0 Å². The Kier molecular flexibility index (Phi) is 6.13. The Morgan fingerprint density at radius 2 is 1.89 bits per heavy atom. The van der Waals surface area contributed by atoms with Gasteiger partial charge in [-0.1, -0.05) is 32.3 Å². The molecule has 6 nitrogen and oxygen atoms in total. The topological polar surface area (TPSA) is 50.1 Å². The van der Waals surface area contributed by atoms with E-state index < -0.39 is 0 Å². The average molecular weight is 403 g/mol. The maximum atomic E-state index is 4.52. The van der Waals surface area contributed by atoms with Crippen LogP contribution in [0.15, 0.2) is 17.5 Å². The lowest BCUT2D eigenvalue weighted by Gasteiger charge is -2.43. The number of rotatable bonds is 6. The summed E-state index contributed by atoms with van der Waals surface area (Å²) in [4.78, 5) is 6.67. The highest BCUT2D eigenvalue weighted by Gasteiger charge is 2.35. The van der Waals surface area contributed by atoms with Gasteiger partial charge in [0.25, 0.3) is 0 Å². The molecule has 1 saturated heterocycles. The molecule has 154 valence electrons. The highest BCUT2D eigenvalue weighted by Crippen LogP contribution is 2.34. The highest BCUT2D eigenvalue weighted by molar-refractivity contribution is 7.10. The molecule has 28 heavy (non-hydrogen) atoms. The minimum absolute atomic E-state index is 0.0851. The van der Waals surface area contributed by atoms with Gasteiger partial charge in [-0.3, -0.25) is 9.80 Å². The Morgan fingerprint density at radius 3 is 2.54 bits per heavy atom. The summed E-state index contributed by atoms with van der Waals surface area (Å²) in [6.07, 6.45) is 8.01. The molecule has 1 unspecified atom stereocenters. The van der Waals surface area contributed by atoms with Gasteiger partial charge in [-0.25, -0.2) is 4.68 Å². The molecular weight excluding hydrogens is 368 g/mol. The number of thiophene rings is 1. The van der Waals surface area contributed by atoms with Gasteiger partial charge in [0.1, 0.15) is 6.04 Å². The molecule has 0 bridgehead atoms. The van der Waals surface area contributed by atoms with Crippen molar-refractivity contribution in [3.8, 4) is 0 Å². The number of hydrogen-bond donors (Lipinski definition) is 0. The van der Waals surface area contributed by atoms with E-state index in [1.54, 1.807) is 0 Å². The van der Waals surface area contributed by atoms with Crippen molar-refractivity contribution >= 4 is 11.3 Å². The number of aromatic nitrogens is 4. The van der Waals surface area contributed by atoms with Crippen LogP contribution in [0.4, 0.5) is 0 Å². The Labute approximate surface area is 172 Å². The smallest absolute Gasteiger partial charge is 0.174 e. The van der Waals surface area contributed by atoms with Crippen molar-refractivity contribution < 1.29 is 0 Å². The zero-order valence-corrected chi connectivity index (χ0v) is 18.4. The van der Waals surface area contributed by atoms with E-state index in [9.17, 15) is 0 Å². The van der Waals surface area contributed by atoms with E-state index in [0.29, 0.717) is 0 Å². The van der Waals surface area contributed by atoms with Gasteiger partial charge in [-0.15, -0.1) is 16.4 Å². The highest BCUT2D eigenvalue weighted by atomic mass is 32.1. The zero-order chi connectivity index (χ0) is 19.6. The maximum Gasteiger partial charge on any atom is 0.174 e. The molecule has 2 fully saturated rings. The van der Waals surface area contributed by atoms with Crippen molar-refractivity contribution in [2.75, 3.05) is 26.2 Å². The van der Waals surface area contributed by atoms with E-state index in [2.05, 4.69) is 68.3 Å². The Bertz CT molecular complexity index is 726. The van der Waals surface area contributed by atoms with E-state index in [1.807, 2.05) is 11.3 Å². The van der Waals surface area contributed by atoms with Crippen molar-refractivity contribution in [2.24, 2.45) is 0 Å². The molecule has 0 amide bonds. The summed E-state index contributed by atoms with van der Waals surface area (Å²) in [6, 6.07) is 5.33. The van der Waals surface area contributed by atoms with Gasteiger partial charge < -0.3 is 0 Å². The first-order valence-corrected chi connectivity index (χ1v) is 11.8. The van der Waals surface area contributed by atoms with Crippen LogP contribution < -0.4 is 0 Å². The van der Waals surface area contributed by atoms with Crippen LogP contribution in [0.25, 0.3) is 0 Å². The monoisotopic (exact) mass is 402 g/mol. The lowest BCUT2D eigenvalue weighted by molar-refractivity contribution is 0.0613. The molecule has 0 spiro atoms. The molecule has 7 heteroatoms. The molecule has 2 aromatic heterocycles. The molecule has 1 aliphatic carbocycles. The van der Waals surface area contributed by atoms with Crippen molar-refractivity contribution in [1.82, 2.24) is 30.0 Å². The SMILES string of the molecule is CCC(C)(C)n1nnnc1C(c1cccs1)N1CCN(C2CCCCC2)CC1. The Morgan fingerprint density at radius 1 is 1.14 bits per heavy atom. The number of hydrogen-bond acceptors (Lipinski definition) is 6. The third-order valence-electron chi connectivity index (χ3n) is 6.79. The third-order valence-corrected chi connectivity index (χ3v) is 7.72. The minimum atomic E-state index is -0.0851. The summed E-state index contributed by atoms with van der Waals surface area (Å²) in [7, 11) is 0. The van der Waals surface area contributed by atoms with E-state index in [0.717, 1.165) is 44.5 Å². The molecule has 0 radical (unpaired) electrons.